The fraction of sp³-hybridized carbons (Fsp3) is 0.273. The quantitative estimate of drug-likeness (QED) is 0.726. The van der Waals surface area contributed by atoms with Gasteiger partial charge in [0, 0.05) is 18.9 Å². The first-order chi connectivity index (χ1) is 6.68. The van der Waals surface area contributed by atoms with Crippen LogP contribution in [0.2, 0.25) is 0 Å². The zero-order valence-corrected chi connectivity index (χ0v) is 7.91. The summed E-state index contributed by atoms with van der Waals surface area (Å²) in [5, 5.41) is 2.77. The molecular weight excluding hydrogens is 178 g/mol. The van der Waals surface area contributed by atoms with E-state index in [4.69, 9.17) is 0 Å². The fourth-order valence-corrected chi connectivity index (χ4v) is 1.83. The van der Waals surface area contributed by atoms with Gasteiger partial charge in [-0.3, -0.25) is 9.59 Å². The highest BCUT2D eigenvalue weighted by molar-refractivity contribution is 6.01. The van der Waals surface area contributed by atoms with Gasteiger partial charge in [-0.25, -0.2) is 0 Å². The van der Waals surface area contributed by atoms with E-state index < -0.39 is 0 Å². The largest absolute Gasteiger partial charge is 0.349 e. The fourth-order valence-electron chi connectivity index (χ4n) is 1.83. The smallest absolute Gasteiger partial charge is 0.217 e. The number of rotatable bonds is 1. The topological polar surface area (TPSA) is 46.2 Å². The van der Waals surface area contributed by atoms with Crippen molar-refractivity contribution in [2.45, 2.75) is 19.4 Å². The standard InChI is InChI=1S/C11H11NO2/c1-7(13)12-10-6-11(14)9-5-3-2-4-8(9)10/h2-5,10H,6H2,1H3,(H,12,13)/t10-/m0/s1. The van der Waals surface area contributed by atoms with E-state index in [0.717, 1.165) is 11.1 Å². The van der Waals surface area contributed by atoms with E-state index in [9.17, 15) is 9.59 Å². The van der Waals surface area contributed by atoms with Gasteiger partial charge >= 0.3 is 0 Å². The van der Waals surface area contributed by atoms with Crippen LogP contribution in [-0.4, -0.2) is 11.7 Å². The minimum Gasteiger partial charge on any atom is -0.349 e. The Balaban J connectivity index is 2.34. The second kappa shape index (κ2) is 3.25. The zero-order chi connectivity index (χ0) is 10.1. The number of hydrogen-bond acceptors (Lipinski definition) is 2. The number of benzene rings is 1. The Morgan fingerprint density at radius 3 is 2.86 bits per heavy atom. The van der Waals surface area contributed by atoms with Crippen LogP contribution in [0.15, 0.2) is 24.3 Å². The first kappa shape index (κ1) is 8.94. The summed E-state index contributed by atoms with van der Waals surface area (Å²) in [5.41, 5.74) is 1.68. The second-order valence-electron chi connectivity index (χ2n) is 3.47. The molecule has 0 aromatic heterocycles. The molecule has 0 heterocycles. The summed E-state index contributed by atoms with van der Waals surface area (Å²) in [4.78, 5) is 22.4. The molecule has 0 saturated heterocycles. The van der Waals surface area contributed by atoms with Crippen molar-refractivity contribution < 1.29 is 9.59 Å². The molecule has 1 amide bonds. The number of Topliss-reactive ketones (excluding diaryl/α,β-unsaturated/α-hetero) is 1. The van der Waals surface area contributed by atoms with Crippen molar-refractivity contribution in [2.75, 3.05) is 0 Å². The maximum Gasteiger partial charge on any atom is 0.217 e. The third-order valence-electron chi connectivity index (χ3n) is 2.40. The first-order valence-electron chi connectivity index (χ1n) is 4.57. The predicted octanol–water partition coefficient (Wildman–Crippen LogP) is 1.45. The van der Waals surface area contributed by atoms with Crippen LogP contribution in [0.4, 0.5) is 0 Å². The van der Waals surface area contributed by atoms with Crippen LogP contribution < -0.4 is 5.32 Å². The highest BCUT2D eigenvalue weighted by Gasteiger charge is 2.28. The van der Waals surface area contributed by atoms with Gasteiger partial charge in [-0.2, -0.15) is 0 Å². The summed E-state index contributed by atoms with van der Waals surface area (Å²) in [7, 11) is 0. The maximum absolute atomic E-state index is 11.5. The van der Waals surface area contributed by atoms with Gasteiger partial charge in [0.25, 0.3) is 0 Å². The molecule has 1 atom stereocenters. The average Bonchev–Trinajstić information content (AvgIpc) is 2.44. The number of amides is 1. The van der Waals surface area contributed by atoms with Gasteiger partial charge in [-0.05, 0) is 5.56 Å². The molecule has 0 aliphatic heterocycles. The Labute approximate surface area is 82.1 Å². The lowest BCUT2D eigenvalue weighted by Crippen LogP contribution is -2.24. The van der Waals surface area contributed by atoms with Crippen molar-refractivity contribution in [2.24, 2.45) is 0 Å². The van der Waals surface area contributed by atoms with E-state index in [2.05, 4.69) is 5.32 Å². The molecule has 0 spiro atoms. The normalized spacial score (nSPS) is 19.2. The van der Waals surface area contributed by atoms with Crippen LogP contribution in [0.3, 0.4) is 0 Å². The highest BCUT2D eigenvalue weighted by atomic mass is 16.1. The van der Waals surface area contributed by atoms with Gasteiger partial charge in [0.2, 0.25) is 5.91 Å². The van der Waals surface area contributed by atoms with E-state index in [1.165, 1.54) is 6.92 Å². The van der Waals surface area contributed by atoms with Gasteiger partial charge in [-0.1, -0.05) is 24.3 Å². The molecule has 1 aliphatic rings. The Kier molecular flexibility index (Phi) is 2.08. The van der Waals surface area contributed by atoms with Crippen molar-refractivity contribution in [3.05, 3.63) is 35.4 Å². The number of fused-ring (bicyclic) bond motifs is 1. The molecule has 0 radical (unpaired) electrons. The molecule has 3 heteroatoms. The number of carbonyl (C=O) groups excluding carboxylic acids is 2. The Morgan fingerprint density at radius 1 is 1.43 bits per heavy atom. The van der Waals surface area contributed by atoms with Crippen molar-refractivity contribution >= 4 is 11.7 Å². The SMILES string of the molecule is CC(=O)N[C@H]1CC(=O)c2ccccc21. The molecule has 1 aromatic carbocycles. The molecule has 0 unspecified atom stereocenters. The van der Waals surface area contributed by atoms with E-state index in [0.29, 0.717) is 6.42 Å². The lowest BCUT2D eigenvalue weighted by Gasteiger charge is -2.10. The lowest BCUT2D eigenvalue weighted by molar-refractivity contribution is -0.119. The Hall–Kier alpha value is -1.64. The lowest BCUT2D eigenvalue weighted by atomic mass is 10.1. The van der Waals surface area contributed by atoms with Crippen molar-refractivity contribution in [1.82, 2.24) is 5.32 Å². The Morgan fingerprint density at radius 2 is 2.14 bits per heavy atom. The third kappa shape index (κ3) is 1.41. The summed E-state index contributed by atoms with van der Waals surface area (Å²) in [5.74, 6) is 0.0128. The summed E-state index contributed by atoms with van der Waals surface area (Å²) >= 11 is 0. The number of carbonyl (C=O) groups is 2. The second-order valence-corrected chi connectivity index (χ2v) is 3.47. The monoisotopic (exact) mass is 189 g/mol. The molecule has 0 fully saturated rings. The van der Waals surface area contributed by atoms with Gasteiger partial charge < -0.3 is 5.32 Å². The number of nitrogens with one attached hydrogen (secondary N) is 1. The van der Waals surface area contributed by atoms with Gasteiger partial charge in [-0.15, -0.1) is 0 Å². The average molecular weight is 189 g/mol. The molecule has 0 bridgehead atoms. The zero-order valence-electron chi connectivity index (χ0n) is 7.91. The minimum absolute atomic E-state index is 0.0977. The molecule has 0 saturated carbocycles. The molecular formula is C11H11NO2. The summed E-state index contributed by atoms with van der Waals surface area (Å²) < 4.78 is 0. The number of hydrogen-bond donors (Lipinski definition) is 1. The summed E-state index contributed by atoms with van der Waals surface area (Å²) in [6, 6.07) is 7.29. The van der Waals surface area contributed by atoms with Crippen LogP contribution in [-0.2, 0) is 4.79 Å². The van der Waals surface area contributed by atoms with Crippen LogP contribution in [0.1, 0.15) is 35.3 Å². The van der Waals surface area contributed by atoms with Crippen molar-refractivity contribution in [3.8, 4) is 0 Å². The van der Waals surface area contributed by atoms with Gasteiger partial charge in [0.05, 0.1) is 6.04 Å². The Bertz CT molecular complexity index is 396. The summed E-state index contributed by atoms with van der Waals surface area (Å²) in [6.45, 7) is 1.46. The van der Waals surface area contributed by atoms with Crippen molar-refractivity contribution in [3.63, 3.8) is 0 Å². The molecule has 1 N–H and O–H groups in total. The van der Waals surface area contributed by atoms with E-state index >= 15 is 0 Å². The van der Waals surface area contributed by atoms with Crippen LogP contribution >= 0.6 is 0 Å². The molecule has 1 aromatic rings. The molecule has 3 nitrogen and oxygen atoms in total. The first-order valence-corrected chi connectivity index (χ1v) is 4.57. The van der Waals surface area contributed by atoms with Crippen LogP contribution in [0, 0.1) is 0 Å². The third-order valence-corrected chi connectivity index (χ3v) is 2.40. The van der Waals surface area contributed by atoms with Gasteiger partial charge in [0.1, 0.15) is 0 Å². The van der Waals surface area contributed by atoms with E-state index in [1.807, 2.05) is 18.2 Å². The van der Waals surface area contributed by atoms with E-state index in [1.54, 1.807) is 6.07 Å². The van der Waals surface area contributed by atoms with Gasteiger partial charge in [0.15, 0.2) is 5.78 Å². The van der Waals surface area contributed by atoms with Crippen LogP contribution in [0.5, 0.6) is 0 Å². The molecule has 72 valence electrons. The molecule has 14 heavy (non-hydrogen) atoms. The molecule has 1 aliphatic carbocycles. The van der Waals surface area contributed by atoms with Crippen LogP contribution in [0.25, 0.3) is 0 Å². The molecule has 2 rings (SSSR count). The van der Waals surface area contributed by atoms with E-state index in [-0.39, 0.29) is 17.7 Å². The minimum atomic E-state index is -0.129. The number of ketones is 1. The highest BCUT2D eigenvalue weighted by Crippen LogP contribution is 2.30. The predicted molar refractivity (Wildman–Crippen MR) is 51.9 cm³/mol. The maximum atomic E-state index is 11.5. The van der Waals surface area contributed by atoms with Crippen molar-refractivity contribution in [1.29, 1.82) is 0 Å². The summed E-state index contributed by atoms with van der Waals surface area (Å²) in [6.07, 6.45) is 0.388.